The van der Waals surface area contributed by atoms with E-state index in [9.17, 15) is 4.79 Å². The topological polar surface area (TPSA) is 76.8 Å². The number of hydrogen-bond acceptors (Lipinski definition) is 5. The van der Waals surface area contributed by atoms with Crippen molar-refractivity contribution in [3.8, 4) is 5.75 Å². The Bertz CT molecular complexity index is 598. The lowest BCUT2D eigenvalue weighted by Crippen LogP contribution is -2.49. The fourth-order valence-corrected chi connectivity index (χ4v) is 4.21. The molecule has 0 spiro atoms. The number of nitrogens with one attached hydrogen (secondary N) is 1. The molecular weight excluding hydrogens is 342 g/mol. The predicted octanol–water partition coefficient (Wildman–Crippen LogP) is 2.09. The highest BCUT2D eigenvalue weighted by Crippen LogP contribution is 2.31. The van der Waals surface area contributed by atoms with Gasteiger partial charge in [0.1, 0.15) is 5.75 Å². The first kappa shape index (κ1) is 20.1. The fourth-order valence-electron chi connectivity index (χ4n) is 4.21. The number of carbonyl (C=O) groups excluding carboxylic acids is 1. The zero-order chi connectivity index (χ0) is 19.1. The number of methoxy groups -OCH3 is 1. The quantitative estimate of drug-likeness (QED) is 0.763. The van der Waals surface area contributed by atoms with Crippen molar-refractivity contribution in [2.75, 3.05) is 40.0 Å². The summed E-state index contributed by atoms with van der Waals surface area (Å²) >= 11 is 0. The van der Waals surface area contributed by atoms with E-state index in [-0.39, 0.29) is 17.9 Å². The van der Waals surface area contributed by atoms with Crippen molar-refractivity contribution in [2.24, 2.45) is 11.7 Å². The van der Waals surface area contributed by atoms with E-state index in [1.807, 2.05) is 18.2 Å². The number of piperidine rings is 1. The number of ether oxygens (including phenoxy) is 2. The Kier molecular flexibility index (Phi) is 7.50. The third kappa shape index (κ3) is 5.21. The van der Waals surface area contributed by atoms with Crippen molar-refractivity contribution >= 4 is 5.91 Å². The first-order chi connectivity index (χ1) is 13.2. The fraction of sp³-hybridized carbons (Fsp3) is 0.667. The van der Waals surface area contributed by atoms with Crippen molar-refractivity contribution in [1.82, 2.24) is 10.2 Å². The van der Waals surface area contributed by atoms with Gasteiger partial charge in [0.25, 0.3) is 0 Å². The smallest absolute Gasteiger partial charge is 0.237 e. The summed E-state index contributed by atoms with van der Waals surface area (Å²) in [5.74, 6) is 1.02. The Balaban J connectivity index is 1.68. The number of benzene rings is 1. The normalized spacial score (nSPS) is 21.4. The second-order valence-corrected chi connectivity index (χ2v) is 7.58. The third-order valence-electron chi connectivity index (χ3n) is 5.88. The van der Waals surface area contributed by atoms with Gasteiger partial charge in [-0.15, -0.1) is 0 Å². The summed E-state index contributed by atoms with van der Waals surface area (Å²) in [5, 5.41) is 3.12. The van der Waals surface area contributed by atoms with E-state index < -0.39 is 6.04 Å². The number of nitrogens with two attached hydrogens (primary N) is 1. The molecule has 2 fully saturated rings. The van der Waals surface area contributed by atoms with Crippen molar-refractivity contribution in [3.05, 3.63) is 29.8 Å². The number of carbonyl (C=O) groups is 1. The SMILES string of the molecule is COc1ccccc1C(CNC(=O)C(N)C1CCOCC1)N1CCCCC1. The van der Waals surface area contributed by atoms with Crippen LogP contribution in [0.5, 0.6) is 5.75 Å². The van der Waals surface area contributed by atoms with E-state index in [1.165, 1.54) is 19.3 Å². The van der Waals surface area contributed by atoms with Crippen LogP contribution in [0.4, 0.5) is 0 Å². The van der Waals surface area contributed by atoms with Gasteiger partial charge in [-0.3, -0.25) is 9.69 Å². The standard InChI is InChI=1S/C21H33N3O3/c1-26-19-8-4-3-7-17(19)18(24-11-5-2-6-12-24)15-23-21(25)20(22)16-9-13-27-14-10-16/h3-4,7-8,16,18,20H,2,5-6,9-15,22H2,1H3,(H,23,25). The molecule has 6 heteroatoms. The number of rotatable bonds is 7. The maximum atomic E-state index is 12.7. The largest absolute Gasteiger partial charge is 0.496 e. The Morgan fingerprint density at radius 1 is 1.26 bits per heavy atom. The van der Waals surface area contributed by atoms with Crippen LogP contribution >= 0.6 is 0 Å². The minimum Gasteiger partial charge on any atom is -0.496 e. The van der Waals surface area contributed by atoms with Crippen LogP contribution in [0.2, 0.25) is 0 Å². The van der Waals surface area contributed by atoms with Gasteiger partial charge in [0.2, 0.25) is 5.91 Å². The van der Waals surface area contributed by atoms with Gasteiger partial charge in [0.05, 0.1) is 19.2 Å². The summed E-state index contributed by atoms with van der Waals surface area (Å²) in [4.78, 5) is 15.1. The average molecular weight is 376 g/mol. The average Bonchev–Trinajstić information content (AvgIpc) is 2.75. The Morgan fingerprint density at radius 2 is 1.96 bits per heavy atom. The zero-order valence-corrected chi connectivity index (χ0v) is 16.4. The van der Waals surface area contributed by atoms with Crippen LogP contribution < -0.4 is 15.8 Å². The van der Waals surface area contributed by atoms with Gasteiger partial charge in [-0.25, -0.2) is 0 Å². The molecule has 1 amide bonds. The molecule has 0 saturated carbocycles. The van der Waals surface area contributed by atoms with Crippen molar-refractivity contribution in [1.29, 1.82) is 0 Å². The van der Waals surface area contributed by atoms with Crippen LogP contribution in [0.3, 0.4) is 0 Å². The highest BCUT2D eigenvalue weighted by Gasteiger charge is 2.29. The van der Waals surface area contributed by atoms with Crippen molar-refractivity contribution < 1.29 is 14.3 Å². The van der Waals surface area contributed by atoms with E-state index >= 15 is 0 Å². The highest BCUT2D eigenvalue weighted by molar-refractivity contribution is 5.81. The first-order valence-electron chi connectivity index (χ1n) is 10.2. The molecule has 2 saturated heterocycles. The lowest BCUT2D eigenvalue weighted by Gasteiger charge is -2.36. The van der Waals surface area contributed by atoms with Crippen molar-refractivity contribution in [2.45, 2.75) is 44.2 Å². The molecular formula is C21H33N3O3. The summed E-state index contributed by atoms with van der Waals surface area (Å²) in [6.07, 6.45) is 5.38. The molecule has 0 bridgehead atoms. The van der Waals surface area contributed by atoms with Gasteiger partial charge in [0, 0.05) is 25.3 Å². The van der Waals surface area contributed by atoms with E-state index in [4.69, 9.17) is 15.2 Å². The van der Waals surface area contributed by atoms with Gasteiger partial charge in [-0.05, 0) is 50.8 Å². The molecule has 1 aromatic rings. The molecule has 0 aromatic heterocycles. The molecule has 1 aromatic carbocycles. The van der Waals surface area contributed by atoms with E-state index in [0.717, 1.165) is 37.2 Å². The minimum absolute atomic E-state index is 0.0567. The monoisotopic (exact) mass is 375 g/mol. The third-order valence-corrected chi connectivity index (χ3v) is 5.88. The summed E-state index contributed by atoms with van der Waals surface area (Å²) in [6.45, 7) is 4.04. The van der Waals surface area contributed by atoms with Crippen LogP contribution in [-0.4, -0.2) is 56.8 Å². The summed E-state index contributed by atoms with van der Waals surface area (Å²) in [5.41, 5.74) is 7.37. The van der Waals surface area contributed by atoms with Gasteiger partial charge in [0.15, 0.2) is 0 Å². The van der Waals surface area contributed by atoms with Crippen LogP contribution in [0, 0.1) is 5.92 Å². The summed E-state index contributed by atoms with van der Waals surface area (Å²) in [6, 6.07) is 7.74. The number of nitrogens with zero attached hydrogens (tertiary/aromatic N) is 1. The second kappa shape index (κ2) is 10.1. The van der Waals surface area contributed by atoms with Crippen molar-refractivity contribution in [3.63, 3.8) is 0 Å². The van der Waals surface area contributed by atoms with Gasteiger partial charge < -0.3 is 20.5 Å². The van der Waals surface area contributed by atoms with Crippen LogP contribution in [0.25, 0.3) is 0 Å². The van der Waals surface area contributed by atoms with E-state index in [1.54, 1.807) is 7.11 Å². The predicted molar refractivity (Wildman–Crippen MR) is 106 cm³/mol. The maximum Gasteiger partial charge on any atom is 0.237 e. The second-order valence-electron chi connectivity index (χ2n) is 7.58. The number of para-hydroxylation sites is 1. The van der Waals surface area contributed by atoms with Gasteiger partial charge >= 0.3 is 0 Å². The molecule has 2 atom stereocenters. The molecule has 2 unspecified atom stereocenters. The Labute approximate surface area is 162 Å². The maximum absolute atomic E-state index is 12.7. The molecule has 6 nitrogen and oxygen atoms in total. The number of hydrogen-bond donors (Lipinski definition) is 2. The summed E-state index contributed by atoms with van der Waals surface area (Å²) < 4.78 is 11.0. The molecule has 2 aliphatic rings. The highest BCUT2D eigenvalue weighted by atomic mass is 16.5. The zero-order valence-electron chi connectivity index (χ0n) is 16.4. The van der Waals surface area contributed by atoms with Crippen LogP contribution in [-0.2, 0) is 9.53 Å². The van der Waals surface area contributed by atoms with Gasteiger partial charge in [-0.1, -0.05) is 24.6 Å². The van der Waals surface area contributed by atoms with Crippen LogP contribution in [0.1, 0.15) is 43.7 Å². The number of amides is 1. The molecule has 3 rings (SSSR count). The van der Waals surface area contributed by atoms with E-state index in [2.05, 4.69) is 16.3 Å². The Morgan fingerprint density at radius 3 is 2.67 bits per heavy atom. The minimum atomic E-state index is -0.464. The lowest BCUT2D eigenvalue weighted by atomic mass is 9.91. The first-order valence-corrected chi connectivity index (χ1v) is 10.2. The molecule has 0 aliphatic carbocycles. The molecule has 3 N–H and O–H groups in total. The molecule has 27 heavy (non-hydrogen) atoms. The lowest BCUT2D eigenvalue weighted by molar-refractivity contribution is -0.124. The summed E-state index contributed by atoms with van der Waals surface area (Å²) in [7, 11) is 1.70. The Hall–Kier alpha value is -1.63. The van der Waals surface area contributed by atoms with E-state index in [0.29, 0.717) is 19.8 Å². The molecule has 150 valence electrons. The van der Waals surface area contributed by atoms with Crippen LogP contribution in [0.15, 0.2) is 24.3 Å². The molecule has 2 aliphatic heterocycles. The molecule has 0 radical (unpaired) electrons. The molecule has 2 heterocycles. The van der Waals surface area contributed by atoms with Gasteiger partial charge in [-0.2, -0.15) is 0 Å². The number of likely N-dealkylation sites (tertiary alicyclic amines) is 1.